The predicted octanol–water partition coefficient (Wildman–Crippen LogP) is 2.25. The van der Waals surface area contributed by atoms with Crippen molar-refractivity contribution in [2.24, 2.45) is 11.8 Å². The summed E-state index contributed by atoms with van der Waals surface area (Å²) in [4.78, 5) is 18.2. The second-order valence-corrected chi connectivity index (χ2v) is 8.44. The van der Waals surface area contributed by atoms with Crippen molar-refractivity contribution in [3.8, 4) is 0 Å². The van der Waals surface area contributed by atoms with Crippen molar-refractivity contribution in [1.29, 1.82) is 0 Å². The van der Waals surface area contributed by atoms with Crippen molar-refractivity contribution in [3.05, 3.63) is 29.3 Å². The number of quaternary nitrogens is 1. The van der Waals surface area contributed by atoms with Gasteiger partial charge in [-0.15, -0.1) is 11.3 Å². The summed E-state index contributed by atoms with van der Waals surface area (Å²) in [6, 6.07) is 8.55. The normalized spacial score (nSPS) is 25.5. The van der Waals surface area contributed by atoms with Gasteiger partial charge in [-0.05, 0) is 30.4 Å². The molecule has 0 bridgehead atoms. The molecule has 4 atom stereocenters. The van der Waals surface area contributed by atoms with Crippen LogP contribution in [0.25, 0.3) is 10.2 Å². The van der Waals surface area contributed by atoms with Crippen molar-refractivity contribution >= 4 is 27.5 Å². The number of carbonyl (C=O) groups is 1. The minimum atomic E-state index is 0.166. The molecular formula is C19H28N3OS+. The third kappa shape index (κ3) is 4.14. The largest absolute Gasteiger partial charge is 0.348 e. The Hall–Kier alpha value is -1.46. The molecule has 1 aromatic carbocycles. The molecule has 5 heteroatoms. The second-order valence-electron chi connectivity index (χ2n) is 7.33. The number of thiazole rings is 1. The maximum atomic E-state index is 12.4. The summed E-state index contributed by atoms with van der Waals surface area (Å²) in [5.74, 6) is 1.45. The van der Waals surface area contributed by atoms with Crippen LogP contribution in [0.5, 0.6) is 0 Å². The Balaban J connectivity index is 1.52. The number of nitrogens with zero attached hydrogens (tertiary/aromatic N) is 1. The van der Waals surface area contributed by atoms with Gasteiger partial charge in [0.2, 0.25) is 0 Å². The lowest BCUT2D eigenvalue weighted by atomic mass is 9.78. The highest BCUT2D eigenvalue weighted by Gasteiger charge is 2.28. The van der Waals surface area contributed by atoms with Crippen LogP contribution < -0.4 is 10.2 Å². The molecule has 1 fully saturated rings. The molecule has 1 heterocycles. The SMILES string of the molecule is C[C@@H]1[C@@H](C)CCC[C@H]1NC(=O)C[NH+](C)Cc1nc2ccccc2s1. The number of amides is 1. The summed E-state index contributed by atoms with van der Waals surface area (Å²) >= 11 is 1.73. The Morgan fingerprint density at radius 2 is 2.12 bits per heavy atom. The average Bonchev–Trinajstić information content (AvgIpc) is 2.93. The first-order valence-corrected chi connectivity index (χ1v) is 9.79. The van der Waals surface area contributed by atoms with E-state index in [9.17, 15) is 4.79 Å². The van der Waals surface area contributed by atoms with Crippen LogP contribution in [-0.4, -0.2) is 30.5 Å². The molecule has 2 N–H and O–H groups in total. The van der Waals surface area contributed by atoms with E-state index in [1.54, 1.807) is 11.3 Å². The molecule has 0 spiro atoms. The summed E-state index contributed by atoms with van der Waals surface area (Å²) in [5.41, 5.74) is 1.06. The summed E-state index contributed by atoms with van der Waals surface area (Å²) in [7, 11) is 2.07. The number of hydrogen-bond donors (Lipinski definition) is 2. The fraction of sp³-hybridized carbons (Fsp3) is 0.579. The van der Waals surface area contributed by atoms with Gasteiger partial charge in [0.05, 0.1) is 17.3 Å². The molecule has 130 valence electrons. The van der Waals surface area contributed by atoms with Crippen LogP contribution in [0.2, 0.25) is 0 Å². The fourth-order valence-electron chi connectivity index (χ4n) is 3.63. The molecule has 1 aliphatic rings. The van der Waals surface area contributed by atoms with Gasteiger partial charge in [0.25, 0.3) is 5.91 Å². The number of hydrogen-bond acceptors (Lipinski definition) is 3. The monoisotopic (exact) mass is 346 g/mol. The molecule has 0 radical (unpaired) electrons. The maximum Gasteiger partial charge on any atom is 0.275 e. The Morgan fingerprint density at radius 1 is 1.33 bits per heavy atom. The smallest absolute Gasteiger partial charge is 0.275 e. The molecule has 0 aliphatic heterocycles. The standard InChI is InChI=1S/C19H27N3OS/c1-13-7-6-9-15(14(13)2)20-18(23)11-22(3)12-19-21-16-8-4-5-10-17(16)24-19/h4-5,8,10,13-15H,6-7,9,11-12H2,1-3H3,(H,20,23)/p+1/t13-,14+,15+/m0/s1. The van der Waals surface area contributed by atoms with E-state index >= 15 is 0 Å². The summed E-state index contributed by atoms with van der Waals surface area (Å²) < 4.78 is 1.22. The number of nitrogens with one attached hydrogen (secondary N) is 2. The number of fused-ring (bicyclic) bond motifs is 1. The zero-order valence-corrected chi connectivity index (χ0v) is 15.7. The summed E-state index contributed by atoms with van der Waals surface area (Å²) in [6.45, 7) is 5.87. The highest BCUT2D eigenvalue weighted by Crippen LogP contribution is 2.29. The van der Waals surface area contributed by atoms with Crippen molar-refractivity contribution in [1.82, 2.24) is 10.3 Å². The number of carbonyl (C=O) groups excluding carboxylic acids is 1. The third-order valence-electron chi connectivity index (χ3n) is 5.31. The van der Waals surface area contributed by atoms with E-state index in [0.717, 1.165) is 23.5 Å². The molecule has 4 nitrogen and oxygen atoms in total. The van der Waals surface area contributed by atoms with Crippen molar-refractivity contribution in [3.63, 3.8) is 0 Å². The van der Waals surface area contributed by atoms with Gasteiger partial charge in [-0.3, -0.25) is 4.79 Å². The van der Waals surface area contributed by atoms with Crippen molar-refractivity contribution in [2.75, 3.05) is 13.6 Å². The van der Waals surface area contributed by atoms with Gasteiger partial charge in [0.1, 0.15) is 11.6 Å². The minimum absolute atomic E-state index is 0.166. The highest BCUT2D eigenvalue weighted by atomic mass is 32.1. The molecule has 2 aromatic rings. The molecule has 3 rings (SSSR count). The molecular weight excluding hydrogens is 318 g/mol. The Kier molecular flexibility index (Phi) is 5.51. The topological polar surface area (TPSA) is 46.4 Å². The van der Waals surface area contributed by atoms with Gasteiger partial charge in [-0.25, -0.2) is 4.98 Å². The lowest BCUT2D eigenvalue weighted by molar-refractivity contribution is -0.885. The van der Waals surface area contributed by atoms with Crippen LogP contribution >= 0.6 is 11.3 Å². The van der Waals surface area contributed by atoms with E-state index in [2.05, 4.69) is 37.3 Å². The molecule has 24 heavy (non-hydrogen) atoms. The van der Waals surface area contributed by atoms with Gasteiger partial charge in [-0.1, -0.05) is 38.8 Å². The minimum Gasteiger partial charge on any atom is -0.348 e. The lowest BCUT2D eigenvalue weighted by Crippen LogP contribution is -3.09. The van der Waals surface area contributed by atoms with Gasteiger partial charge in [-0.2, -0.15) is 0 Å². The maximum absolute atomic E-state index is 12.4. The van der Waals surface area contributed by atoms with Crippen LogP contribution in [0.1, 0.15) is 38.1 Å². The molecule has 1 aliphatic carbocycles. The average molecular weight is 347 g/mol. The van der Waals surface area contributed by atoms with Gasteiger partial charge >= 0.3 is 0 Å². The van der Waals surface area contributed by atoms with E-state index in [1.807, 2.05) is 18.2 Å². The Morgan fingerprint density at radius 3 is 2.92 bits per heavy atom. The quantitative estimate of drug-likeness (QED) is 0.872. The third-order valence-corrected chi connectivity index (χ3v) is 6.34. The Bertz CT molecular complexity index is 666. The first kappa shape index (κ1) is 17.4. The fourth-order valence-corrected chi connectivity index (χ4v) is 4.72. The molecule has 1 saturated carbocycles. The summed E-state index contributed by atoms with van der Waals surface area (Å²) in [6.07, 6.45) is 3.63. The van der Waals surface area contributed by atoms with Crippen molar-refractivity contribution < 1.29 is 9.69 Å². The molecule has 1 amide bonds. The zero-order valence-electron chi connectivity index (χ0n) is 14.8. The Labute approximate surface area is 148 Å². The first-order chi connectivity index (χ1) is 11.5. The van der Waals surface area contributed by atoms with Gasteiger partial charge in [0.15, 0.2) is 6.54 Å². The van der Waals surface area contributed by atoms with E-state index in [-0.39, 0.29) is 5.91 Å². The number of rotatable bonds is 5. The van der Waals surface area contributed by atoms with Crippen LogP contribution in [0.15, 0.2) is 24.3 Å². The second kappa shape index (κ2) is 7.62. The lowest BCUT2D eigenvalue weighted by Gasteiger charge is -2.34. The van der Waals surface area contributed by atoms with Crippen LogP contribution in [0.4, 0.5) is 0 Å². The number of benzene rings is 1. The van der Waals surface area contributed by atoms with Crippen LogP contribution in [-0.2, 0) is 11.3 Å². The highest BCUT2D eigenvalue weighted by molar-refractivity contribution is 7.18. The number of likely N-dealkylation sites (N-methyl/N-ethyl adjacent to an activating group) is 1. The van der Waals surface area contributed by atoms with Gasteiger partial charge in [0, 0.05) is 6.04 Å². The number of aromatic nitrogens is 1. The van der Waals surface area contributed by atoms with Crippen LogP contribution in [0, 0.1) is 11.8 Å². The van der Waals surface area contributed by atoms with E-state index in [4.69, 9.17) is 0 Å². The molecule has 0 saturated heterocycles. The number of para-hydroxylation sites is 1. The summed E-state index contributed by atoms with van der Waals surface area (Å²) in [5, 5.41) is 4.36. The van der Waals surface area contributed by atoms with E-state index < -0.39 is 0 Å². The van der Waals surface area contributed by atoms with Crippen molar-refractivity contribution in [2.45, 2.75) is 45.7 Å². The van der Waals surface area contributed by atoms with Crippen LogP contribution in [0.3, 0.4) is 0 Å². The first-order valence-electron chi connectivity index (χ1n) is 8.98. The molecule has 1 unspecified atom stereocenters. The van der Waals surface area contributed by atoms with E-state index in [1.165, 1.54) is 22.4 Å². The van der Waals surface area contributed by atoms with E-state index in [0.29, 0.717) is 24.4 Å². The van der Waals surface area contributed by atoms with Gasteiger partial charge < -0.3 is 10.2 Å². The zero-order chi connectivity index (χ0) is 17.1. The molecule has 1 aromatic heterocycles. The predicted molar refractivity (Wildman–Crippen MR) is 99.2 cm³/mol.